The second-order valence-electron chi connectivity index (χ2n) is 10.2. The fourth-order valence-corrected chi connectivity index (χ4v) is 5.43. The van der Waals surface area contributed by atoms with Crippen molar-refractivity contribution < 1.29 is 32.3 Å². The number of aromatic nitrogens is 2. The number of fused-ring (bicyclic) bond motifs is 1. The van der Waals surface area contributed by atoms with Crippen LogP contribution in [0, 0.1) is 23.4 Å². The van der Waals surface area contributed by atoms with Gasteiger partial charge in [-0.2, -0.15) is 5.10 Å². The van der Waals surface area contributed by atoms with Gasteiger partial charge in [-0.1, -0.05) is 0 Å². The fourth-order valence-electron chi connectivity index (χ4n) is 5.43. The van der Waals surface area contributed by atoms with E-state index in [-0.39, 0.29) is 55.3 Å². The quantitative estimate of drug-likeness (QED) is 0.611. The number of hydrogen-bond donors (Lipinski definition) is 1. The van der Waals surface area contributed by atoms with Crippen LogP contribution < -0.4 is 10.2 Å². The van der Waals surface area contributed by atoms with E-state index in [1.807, 2.05) is 13.8 Å². The topological polar surface area (TPSA) is 100 Å². The van der Waals surface area contributed by atoms with E-state index in [1.165, 1.54) is 9.80 Å². The summed E-state index contributed by atoms with van der Waals surface area (Å²) in [7, 11) is 0. The van der Waals surface area contributed by atoms with Crippen molar-refractivity contribution in [3.05, 3.63) is 41.5 Å². The van der Waals surface area contributed by atoms with Crippen molar-refractivity contribution in [3.8, 4) is 0 Å². The molecule has 38 heavy (non-hydrogen) atoms. The Kier molecular flexibility index (Phi) is 6.80. The van der Waals surface area contributed by atoms with Gasteiger partial charge in [0.05, 0.1) is 54.8 Å². The zero-order valence-corrected chi connectivity index (χ0v) is 21.3. The predicted molar refractivity (Wildman–Crippen MR) is 130 cm³/mol. The van der Waals surface area contributed by atoms with Gasteiger partial charge in [-0.05, 0) is 20.8 Å². The Balaban J connectivity index is 1.31. The summed E-state index contributed by atoms with van der Waals surface area (Å²) in [4.78, 5) is 43.9. The lowest BCUT2D eigenvalue weighted by Gasteiger charge is -2.36. The summed E-state index contributed by atoms with van der Waals surface area (Å²) in [5, 5.41) is 6.79. The van der Waals surface area contributed by atoms with E-state index in [1.54, 1.807) is 22.7 Å². The molecule has 0 spiro atoms. The molecule has 1 N–H and O–H groups in total. The second-order valence-corrected chi connectivity index (χ2v) is 10.2. The van der Waals surface area contributed by atoms with Crippen LogP contribution in [0.2, 0.25) is 0 Å². The minimum atomic E-state index is -1.62. The number of nitrogens with zero attached hydrogens (tertiary/aromatic N) is 5. The summed E-state index contributed by atoms with van der Waals surface area (Å²) < 4.78 is 47.9. The van der Waals surface area contributed by atoms with E-state index in [0.29, 0.717) is 43.1 Å². The molecule has 0 radical (unpaired) electrons. The van der Waals surface area contributed by atoms with Crippen LogP contribution >= 0.6 is 0 Å². The number of amides is 4. The van der Waals surface area contributed by atoms with E-state index in [0.717, 1.165) is 0 Å². The molecule has 0 bridgehead atoms. The molecule has 1 aromatic carbocycles. The van der Waals surface area contributed by atoms with Crippen molar-refractivity contribution >= 4 is 29.2 Å². The van der Waals surface area contributed by atoms with Crippen LogP contribution in [0.5, 0.6) is 0 Å². The van der Waals surface area contributed by atoms with Crippen molar-refractivity contribution in [3.63, 3.8) is 0 Å². The van der Waals surface area contributed by atoms with Gasteiger partial charge in [0.15, 0.2) is 17.5 Å². The van der Waals surface area contributed by atoms with E-state index < -0.39 is 29.4 Å². The van der Waals surface area contributed by atoms with Crippen LogP contribution in [0.15, 0.2) is 18.3 Å². The maximum atomic E-state index is 13.6. The molecule has 2 saturated heterocycles. The highest BCUT2D eigenvalue weighted by atomic mass is 19.2. The molecule has 2 aromatic rings. The number of carbonyl (C=O) groups is 3. The molecule has 4 atom stereocenters. The van der Waals surface area contributed by atoms with Crippen LogP contribution in [0.25, 0.3) is 0 Å². The lowest BCUT2D eigenvalue weighted by atomic mass is 10.1. The molecular weight excluding hydrogens is 505 g/mol. The summed E-state index contributed by atoms with van der Waals surface area (Å²) in [5.74, 6) is -5.24. The van der Waals surface area contributed by atoms with Crippen molar-refractivity contribution in [2.45, 2.75) is 58.5 Å². The normalized spacial score (nSPS) is 25.5. The first-order valence-corrected chi connectivity index (χ1v) is 12.5. The molecule has 5 rings (SSSR count). The zero-order valence-electron chi connectivity index (χ0n) is 21.3. The molecule has 3 aliphatic rings. The molecule has 10 nitrogen and oxygen atoms in total. The van der Waals surface area contributed by atoms with Gasteiger partial charge in [0, 0.05) is 43.9 Å². The highest BCUT2D eigenvalue weighted by Crippen LogP contribution is 2.33. The minimum Gasteiger partial charge on any atom is -0.372 e. The van der Waals surface area contributed by atoms with E-state index in [4.69, 9.17) is 4.74 Å². The first kappa shape index (κ1) is 26.0. The molecule has 0 saturated carbocycles. The van der Waals surface area contributed by atoms with Crippen LogP contribution in [-0.2, 0) is 27.4 Å². The molecule has 2 fully saturated rings. The van der Waals surface area contributed by atoms with Gasteiger partial charge in [-0.25, -0.2) is 18.0 Å². The Bertz CT molecular complexity index is 1250. The number of rotatable bonds is 3. The number of carbonyl (C=O) groups excluding carboxylic acids is 3. The molecular formula is C25H29F3N6O4. The molecule has 4 amide bonds. The van der Waals surface area contributed by atoms with Gasteiger partial charge in [-0.15, -0.1) is 0 Å². The Hall–Kier alpha value is -3.61. The number of benzene rings is 1. The van der Waals surface area contributed by atoms with Crippen LogP contribution in [0.3, 0.4) is 0 Å². The second kappa shape index (κ2) is 9.93. The van der Waals surface area contributed by atoms with Crippen molar-refractivity contribution in [2.24, 2.45) is 5.92 Å². The third-order valence-electron chi connectivity index (χ3n) is 7.21. The first-order chi connectivity index (χ1) is 18.0. The molecule has 0 aliphatic carbocycles. The lowest BCUT2D eigenvalue weighted by Crippen LogP contribution is -2.50. The average Bonchev–Trinajstić information content (AvgIpc) is 3.43. The minimum absolute atomic E-state index is 0.0649. The number of hydrogen-bond acceptors (Lipinski definition) is 5. The molecule has 1 aromatic heterocycles. The summed E-state index contributed by atoms with van der Waals surface area (Å²) >= 11 is 0. The van der Waals surface area contributed by atoms with Crippen molar-refractivity contribution in [2.75, 3.05) is 29.9 Å². The van der Waals surface area contributed by atoms with Gasteiger partial charge in [-0.3, -0.25) is 14.3 Å². The third-order valence-corrected chi connectivity index (χ3v) is 7.21. The summed E-state index contributed by atoms with van der Waals surface area (Å²) in [6.45, 7) is 7.14. The van der Waals surface area contributed by atoms with Crippen LogP contribution in [0.4, 0.5) is 29.3 Å². The van der Waals surface area contributed by atoms with Gasteiger partial charge in [0.25, 0.3) is 0 Å². The molecule has 13 heteroatoms. The van der Waals surface area contributed by atoms with Gasteiger partial charge < -0.3 is 24.8 Å². The third kappa shape index (κ3) is 4.82. The first-order valence-electron chi connectivity index (χ1n) is 12.5. The van der Waals surface area contributed by atoms with E-state index in [9.17, 15) is 27.6 Å². The average molecular weight is 535 g/mol. The number of halogens is 3. The summed E-state index contributed by atoms with van der Waals surface area (Å²) in [5.41, 5.74) is 0.892. The monoisotopic (exact) mass is 534 g/mol. The Morgan fingerprint density at radius 3 is 2.34 bits per heavy atom. The number of anilines is 2. The molecule has 204 valence electrons. The molecule has 4 heterocycles. The summed E-state index contributed by atoms with van der Waals surface area (Å²) in [6.07, 6.45) is 1.46. The van der Waals surface area contributed by atoms with Crippen molar-refractivity contribution in [1.29, 1.82) is 0 Å². The number of nitrogens with one attached hydrogen (secondary N) is 1. The lowest BCUT2D eigenvalue weighted by molar-refractivity contribution is -0.147. The predicted octanol–water partition coefficient (Wildman–Crippen LogP) is 2.73. The standard InChI is InChI=1S/C25H29F3N6O4/c1-13-8-34-21(12-32(13)25(37)30-17-5-18(26)23(28)19(27)6-17)20(7-29-34)33-11-16(4-22(33)35)24(36)31-9-14(2)38-15(3)10-31/h5-7,13-16H,4,8-12H2,1-3H3,(H,30,37)/t13-,14-,15+,16?/m0/s1. The Morgan fingerprint density at radius 2 is 1.68 bits per heavy atom. The number of urea groups is 1. The maximum Gasteiger partial charge on any atom is 0.322 e. The highest BCUT2D eigenvalue weighted by Gasteiger charge is 2.41. The smallest absolute Gasteiger partial charge is 0.322 e. The van der Waals surface area contributed by atoms with Crippen LogP contribution in [-0.4, -0.2) is 75.3 Å². The van der Waals surface area contributed by atoms with E-state index in [2.05, 4.69) is 10.4 Å². The number of morpholine rings is 1. The fraction of sp³-hybridized carbons (Fsp3) is 0.520. The highest BCUT2D eigenvalue weighted by molar-refractivity contribution is 6.00. The van der Waals surface area contributed by atoms with Crippen LogP contribution in [0.1, 0.15) is 32.9 Å². The Labute approximate surface area is 217 Å². The molecule has 3 aliphatic heterocycles. The number of ether oxygens (including phenoxy) is 1. The maximum absolute atomic E-state index is 13.6. The van der Waals surface area contributed by atoms with Gasteiger partial charge >= 0.3 is 6.03 Å². The largest absolute Gasteiger partial charge is 0.372 e. The SMILES string of the molecule is C[C@@H]1CN(C(=O)C2CC(=O)N(c3cnn4c3CN(C(=O)Nc3cc(F)c(F)c(F)c3)[C@@H](C)C4)C2)C[C@H](C)O1. The Morgan fingerprint density at radius 1 is 1.03 bits per heavy atom. The summed E-state index contributed by atoms with van der Waals surface area (Å²) in [6, 6.07) is 0.435. The molecule has 1 unspecified atom stereocenters. The van der Waals surface area contributed by atoms with Gasteiger partial charge in [0.2, 0.25) is 11.8 Å². The zero-order chi connectivity index (χ0) is 27.3. The van der Waals surface area contributed by atoms with Gasteiger partial charge in [0.1, 0.15) is 0 Å². The van der Waals surface area contributed by atoms with Crippen molar-refractivity contribution in [1.82, 2.24) is 19.6 Å². The van der Waals surface area contributed by atoms with E-state index >= 15 is 0 Å².